The third-order valence-electron chi connectivity index (χ3n) is 5.15. The highest BCUT2D eigenvalue weighted by atomic mass is 16.5. The minimum atomic E-state index is -0.602. The molecule has 0 saturated carbocycles. The maximum atomic E-state index is 9.64. The number of nitrogens with one attached hydrogen (secondary N) is 2. The fraction of sp³-hybridized carbons (Fsp3) is 0.0400. The first-order valence-electron chi connectivity index (χ1n) is 11.0. The Morgan fingerprint density at radius 3 is 2.30 bits per heavy atom. The fourth-order valence-electron chi connectivity index (χ4n) is 3.37. The van der Waals surface area contributed by atoms with E-state index in [2.05, 4.69) is 40.8 Å². The second kappa shape index (κ2) is 10.4. The second-order valence-corrected chi connectivity index (χ2v) is 7.72. The standard InChI is InChI=1S/C25H20N8O4/c34-19-8-16(9-20(35)23(19)36)11-31-33-25-22-21(27-14-30-25)24(29-13-28-22)32-17-2-1-3-18(10-17)37-12-15-4-6-26-7-5-15/h1-11,13-14,34-36H,12H2,(H,27,30,33)(H,28,29,32)/b31-11+. The Morgan fingerprint density at radius 2 is 1.54 bits per heavy atom. The molecule has 3 aromatic heterocycles. The van der Waals surface area contributed by atoms with Gasteiger partial charge in [-0.15, -0.1) is 0 Å². The number of hydrazone groups is 1. The second-order valence-electron chi connectivity index (χ2n) is 7.72. The molecule has 12 nitrogen and oxygen atoms in total. The fourth-order valence-corrected chi connectivity index (χ4v) is 3.37. The number of pyridine rings is 1. The predicted octanol–water partition coefficient (Wildman–Crippen LogP) is 3.70. The Kier molecular flexibility index (Phi) is 6.53. The van der Waals surface area contributed by atoms with Crippen molar-refractivity contribution < 1.29 is 20.1 Å². The van der Waals surface area contributed by atoms with Crippen LogP contribution in [-0.2, 0) is 6.61 Å². The number of aromatic nitrogens is 5. The van der Waals surface area contributed by atoms with Crippen LogP contribution < -0.4 is 15.5 Å². The van der Waals surface area contributed by atoms with Crippen LogP contribution in [0.1, 0.15) is 11.1 Å². The molecule has 0 bridgehead atoms. The Morgan fingerprint density at radius 1 is 0.838 bits per heavy atom. The zero-order valence-electron chi connectivity index (χ0n) is 19.1. The largest absolute Gasteiger partial charge is 0.504 e. The third-order valence-corrected chi connectivity index (χ3v) is 5.15. The molecule has 5 aromatic rings. The van der Waals surface area contributed by atoms with Gasteiger partial charge in [0.05, 0.1) is 6.21 Å². The number of anilines is 3. The number of rotatable bonds is 8. The Hall–Kier alpha value is -5.52. The van der Waals surface area contributed by atoms with Gasteiger partial charge in [0.2, 0.25) is 0 Å². The third kappa shape index (κ3) is 5.43. The topological polar surface area (TPSA) is 171 Å². The Labute approximate surface area is 210 Å². The van der Waals surface area contributed by atoms with Crippen molar-refractivity contribution in [2.45, 2.75) is 6.61 Å². The zero-order chi connectivity index (χ0) is 25.6. The first-order valence-corrected chi connectivity index (χ1v) is 11.0. The maximum absolute atomic E-state index is 9.64. The molecule has 0 aliphatic heterocycles. The molecule has 37 heavy (non-hydrogen) atoms. The molecule has 0 aliphatic rings. The van der Waals surface area contributed by atoms with Crippen LogP contribution >= 0.6 is 0 Å². The van der Waals surface area contributed by atoms with E-state index in [1.54, 1.807) is 12.4 Å². The van der Waals surface area contributed by atoms with E-state index in [0.717, 1.165) is 11.3 Å². The summed E-state index contributed by atoms with van der Waals surface area (Å²) < 4.78 is 5.88. The average molecular weight is 496 g/mol. The molecule has 2 aromatic carbocycles. The molecule has 0 unspecified atom stereocenters. The highest BCUT2D eigenvalue weighted by molar-refractivity contribution is 5.93. The van der Waals surface area contributed by atoms with Crippen molar-refractivity contribution in [1.29, 1.82) is 0 Å². The van der Waals surface area contributed by atoms with Crippen LogP contribution in [0.15, 0.2) is 78.7 Å². The number of phenols is 3. The molecule has 0 saturated heterocycles. The van der Waals surface area contributed by atoms with Gasteiger partial charge in [-0.05, 0) is 42.0 Å². The molecule has 3 heterocycles. The van der Waals surface area contributed by atoms with E-state index in [1.807, 2.05) is 36.4 Å². The van der Waals surface area contributed by atoms with Gasteiger partial charge in [-0.25, -0.2) is 19.9 Å². The zero-order valence-corrected chi connectivity index (χ0v) is 19.1. The summed E-state index contributed by atoms with van der Waals surface area (Å²) in [4.78, 5) is 21.1. The molecule has 0 aliphatic carbocycles. The first-order chi connectivity index (χ1) is 18.1. The molecule has 5 N–H and O–H groups in total. The number of ether oxygens (including phenoxy) is 1. The van der Waals surface area contributed by atoms with Gasteiger partial charge in [0.1, 0.15) is 36.0 Å². The Balaban J connectivity index is 1.33. The number of hydrogen-bond donors (Lipinski definition) is 5. The predicted molar refractivity (Wildman–Crippen MR) is 136 cm³/mol. The van der Waals surface area contributed by atoms with E-state index in [-0.39, 0.29) is 0 Å². The summed E-state index contributed by atoms with van der Waals surface area (Å²) in [7, 11) is 0. The lowest BCUT2D eigenvalue weighted by molar-refractivity contribution is 0.306. The number of hydrogen-bond acceptors (Lipinski definition) is 12. The lowest BCUT2D eigenvalue weighted by atomic mass is 10.2. The molecule has 0 radical (unpaired) electrons. The van der Waals surface area contributed by atoms with Crippen molar-refractivity contribution in [1.82, 2.24) is 24.9 Å². The van der Waals surface area contributed by atoms with Gasteiger partial charge in [-0.3, -0.25) is 10.4 Å². The average Bonchev–Trinajstić information content (AvgIpc) is 2.92. The Bertz CT molecular complexity index is 1560. The van der Waals surface area contributed by atoms with Crippen LogP contribution in [0.2, 0.25) is 0 Å². The van der Waals surface area contributed by atoms with Gasteiger partial charge < -0.3 is 25.4 Å². The molecular weight excluding hydrogens is 476 g/mol. The number of phenolic OH excluding ortho intramolecular Hbond substituents is 3. The van der Waals surface area contributed by atoms with Crippen LogP contribution in [0, 0.1) is 0 Å². The summed E-state index contributed by atoms with van der Waals surface area (Å²) in [5.74, 6) is -0.0896. The lowest BCUT2D eigenvalue weighted by Crippen LogP contribution is -2.02. The summed E-state index contributed by atoms with van der Waals surface area (Å²) in [6.07, 6.45) is 7.50. The molecule has 184 valence electrons. The van der Waals surface area contributed by atoms with E-state index in [1.165, 1.54) is 31.0 Å². The van der Waals surface area contributed by atoms with E-state index < -0.39 is 17.2 Å². The van der Waals surface area contributed by atoms with Crippen LogP contribution in [0.5, 0.6) is 23.0 Å². The smallest absolute Gasteiger partial charge is 0.200 e. The number of fused-ring (bicyclic) bond motifs is 1. The molecular formula is C25H20N8O4. The van der Waals surface area contributed by atoms with E-state index in [0.29, 0.717) is 40.6 Å². The van der Waals surface area contributed by atoms with Gasteiger partial charge in [0.15, 0.2) is 28.9 Å². The lowest BCUT2D eigenvalue weighted by Gasteiger charge is -2.11. The van der Waals surface area contributed by atoms with Crippen molar-refractivity contribution >= 4 is 34.6 Å². The quantitative estimate of drug-likeness (QED) is 0.120. The molecule has 0 spiro atoms. The molecule has 12 heteroatoms. The van der Waals surface area contributed by atoms with Crippen LogP contribution in [0.25, 0.3) is 11.0 Å². The molecule has 0 fully saturated rings. The van der Waals surface area contributed by atoms with Crippen molar-refractivity contribution in [2.24, 2.45) is 5.10 Å². The van der Waals surface area contributed by atoms with E-state index in [9.17, 15) is 15.3 Å². The first kappa shape index (κ1) is 23.2. The summed E-state index contributed by atoms with van der Waals surface area (Å²) in [5, 5.41) is 36.1. The monoisotopic (exact) mass is 496 g/mol. The molecule has 0 amide bonds. The van der Waals surface area contributed by atoms with E-state index >= 15 is 0 Å². The van der Waals surface area contributed by atoms with Crippen molar-refractivity contribution in [3.8, 4) is 23.0 Å². The van der Waals surface area contributed by atoms with Gasteiger partial charge in [0.25, 0.3) is 0 Å². The molecule has 5 rings (SSSR count). The highest BCUT2D eigenvalue weighted by Crippen LogP contribution is 2.35. The van der Waals surface area contributed by atoms with Crippen LogP contribution in [0.3, 0.4) is 0 Å². The van der Waals surface area contributed by atoms with Crippen molar-refractivity contribution in [2.75, 3.05) is 10.7 Å². The van der Waals surface area contributed by atoms with Crippen molar-refractivity contribution in [3.63, 3.8) is 0 Å². The SMILES string of the molecule is Oc1cc(/C=N/Nc2ncnc3c(Nc4cccc(OCc5ccncc5)c4)ncnc23)cc(O)c1O. The van der Waals surface area contributed by atoms with Crippen LogP contribution in [0.4, 0.5) is 17.3 Å². The van der Waals surface area contributed by atoms with Gasteiger partial charge in [-0.2, -0.15) is 5.10 Å². The van der Waals surface area contributed by atoms with Gasteiger partial charge >= 0.3 is 0 Å². The minimum Gasteiger partial charge on any atom is -0.504 e. The summed E-state index contributed by atoms with van der Waals surface area (Å²) in [6, 6.07) is 13.7. The van der Waals surface area contributed by atoms with E-state index in [4.69, 9.17) is 4.74 Å². The number of benzene rings is 2. The summed E-state index contributed by atoms with van der Waals surface area (Å²) in [6.45, 7) is 0.411. The number of nitrogens with zero attached hydrogens (tertiary/aromatic N) is 6. The number of aromatic hydroxyl groups is 3. The maximum Gasteiger partial charge on any atom is 0.200 e. The van der Waals surface area contributed by atoms with Gasteiger partial charge in [-0.1, -0.05) is 6.07 Å². The normalized spacial score (nSPS) is 11.0. The minimum absolute atomic E-state index is 0.313. The molecule has 0 atom stereocenters. The van der Waals surface area contributed by atoms with Gasteiger partial charge in [0, 0.05) is 29.7 Å². The summed E-state index contributed by atoms with van der Waals surface area (Å²) in [5.41, 5.74) is 5.74. The summed E-state index contributed by atoms with van der Waals surface area (Å²) >= 11 is 0. The van der Waals surface area contributed by atoms with Crippen molar-refractivity contribution in [3.05, 3.63) is 84.7 Å². The highest BCUT2D eigenvalue weighted by Gasteiger charge is 2.11. The van der Waals surface area contributed by atoms with Crippen LogP contribution in [-0.4, -0.2) is 46.5 Å².